The lowest BCUT2D eigenvalue weighted by molar-refractivity contribution is -0.129. The minimum absolute atomic E-state index is 0.0625. The monoisotopic (exact) mass is 423 g/mol. The summed E-state index contributed by atoms with van der Waals surface area (Å²) in [5.74, 6) is 1.36. The number of anilines is 1. The van der Waals surface area contributed by atoms with Crippen molar-refractivity contribution in [3.05, 3.63) is 18.4 Å². The van der Waals surface area contributed by atoms with Gasteiger partial charge in [0.1, 0.15) is 5.52 Å². The van der Waals surface area contributed by atoms with Gasteiger partial charge in [-0.15, -0.1) is 0 Å². The van der Waals surface area contributed by atoms with Crippen LogP contribution in [0.3, 0.4) is 0 Å². The van der Waals surface area contributed by atoms with E-state index in [9.17, 15) is 9.90 Å². The van der Waals surface area contributed by atoms with E-state index in [2.05, 4.69) is 30.4 Å². The van der Waals surface area contributed by atoms with Gasteiger partial charge in [0, 0.05) is 26.3 Å². The molecule has 3 aromatic heterocycles. The van der Waals surface area contributed by atoms with Crippen molar-refractivity contribution in [2.75, 3.05) is 19.4 Å². The van der Waals surface area contributed by atoms with Crippen molar-refractivity contribution in [1.82, 2.24) is 30.0 Å². The Morgan fingerprint density at radius 2 is 2.03 bits per heavy atom. The van der Waals surface area contributed by atoms with Crippen LogP contribution in [0, 0.1) is 17.8 Å². The molecule has 4 bridgehead atoms. The first kappa shape index (κ1) is 18.7. The summed E-state index contributed by atoms with van der Waals surface area (Å²) in [4.78, 5) is 29.8. The number of nitrogens with zero attached hydrogens (tertiary/aromatic N) is 5. The molecule has 162 valence electrons. The number of amides is 1. The van der Waals surface area contributed by atoms with Crippen molar-refractivity contribution in [2.45, 2.75) is 43.7 Å². The second-order valence-corrected chi connectivity index (χ2v) is 9.64. The quantitative estimate of drug-likeness (QED) is 0.581. The molecule has 1 amide bonds. The van der Waals surface area contributed by atoms with Gasteiger partial charge < -0.3 is 24.8 Å². The molecule has 4 saturated carbocycles. The number of rotatable bonds is 4. The SMILES string of the molecule is CN(C)C(=O)c1nc(-c2cnc3nc[nH]c3c2NC2[C@@H]3CC4C[C@H]2CC(O)(C4)C3)no1. The molecule has 7 rings (SSSR count). The Balaban J connectivity index is 1.39. The third kappa shape index (κ3) is 2.92. The summed E-state index contributed by atoms with van der Waals surface area (Å²) in [5.41, 5.74) is 2.35. The van der Waals surface area contributed by atoms with Gasteiger partial charge in [-0.2, -0.15) is 4.98 Å². The zero-order chi connectivity index (χ0) is 21.3. The Kier molecular flexibility index (Phi) is 3.92. The van der Waals surface area contributed by atoms with Gasteiger partial charge in [0.25, 0.3) is 0 Å². The molecule has 0 aliphatic heterocycles. The van der Waals surface area contributed by atoms with Crippen LogP contribution in [0.25, 0.3) is 22.6 Å². The van der Waals surface area contributed by atoms with Crippen LogP contribution in [-0.2, 0) is 0 Å². The van der Waals surface area contributed by atoms with Crippen molar-refractivity contribution in [3.8, 4) is 11.4 Å². The number of pyridine rings is 1. The van der Waals surface area contributed by atoms with Crippen LogP contribution >= 0.6 is 0 Å². The summed E-state index contributed by atoms with van der Waals surface area (Å²) in [7, 11) is 3.27. The van der Waals surface area contributed by atoms with E-state index in [1.165, 1.54) is 4.90 Å². The van der Waals surface area contributed by atoms with Crippen LogP contribution < -0.4 is 5.32 Å². The standard InChI is InChI=1S/C21H25N7O3/c1-28(2)20(29)19-26-17(27-31-19)13-8-22-18-16(23-9-24-18)15(13)25-14-11-3-10-4-12(14)7-21(30,5-10)6-11/h8-12,14,30H,3-7H2,1-2H3,(H2,22,23,24,25)/t10?,11-,12+,14?,21?. The van der Waals surface area contributed by atoms with Crippen molar-refractivity contribution in [1.29, 1.82) is 0 Å². The van der Waals surface area contributed by atoms with Crippen LogP contribution in [0.2, 0.25) is 0 Å². The molecular formula is C21H25N7O3. The first-order chi connectivity index (χ1) is 14.9. The fourth-order valence-corrected chi connectivity index (χ4v) is 6.21. The van der Waals surface area contributed by atoms with Gasteiger partial charge >= 0.3 is 11.8 Å². The maximum Gasteiger partial charge on any atom is 0.316 e. The average Bonchev–Trinajstić information content (AvgIpc) is 3.38. The van der Waals surface area contributed by atoms with Crippen LogP contribution in [0.4, 0.5) is 5.69 Å². The molecule has 0 aromatic carbocycles. The van der Waals surface area contributed by atoms with Gasteiger partial charge in [0.05, 0.1) is 23.2 Å². The molecule has 3 heterocycles. The maximum atomic E-state index is 12.2. The van der Waals surface area contributed by atoms with Crippen molar-refractivity contribution in [3.63, 3.8) is 0 Å². The second-order valence-electron chi connectivity index (χ2n) is 9.64. The minimum Gasteiger partial charge on any atom is -0.390 e. The lowest BCUT2D eigenvalue weighted by atomic mass is 9.52. The highest BCUT2D eigenvalue weighted by Crippen LogP contribution is 2.56. The molecule has 10 heteroatoms. The smallest absolute Gasteiger partial charge is 0.316 e. The molecule has 3 aromatic rings. The van der Waals surface area contributed by atoms with E-state index in [1.807, 2.05) is 0 Å². The normalized spacial score (nSPS) is 31.3. The fraction of sp³-hybridized carbons (Fsp3) is 0.571. The average molecular weight is 423 g/mol. The molecule has 0 saturated heterocycles. The van der Waals surface area contributed by atoms with Gasteiger partial charge in [-0.3, -0.25) is 4.79 Å². The van der Waals surface area contributed by atoms with Gasteiger partial charge in [-0.25, -0.2) is 9.97 Å². The van der Waals surface area contributed by atoms with Gasteiger partial charge in [0.2, 0.25) is 5.82 Å². The lowest BCUT2D eigenvalue weighted by Crippen LogP contribution is -2.59. The molecular weight excluding hydrogens is 398 g/mol. The summed E-state index contributed by atoms with van der Waals surface area (Å²) >= 11 is 0. The van der Waals surface area contributed by atoms with Crippen molar-refractivity contribution in [2.24, 2.45) is 17.8 Å². The number of aliphatic hydroxyl groups is 1. The predicted octanol–water partition coefficient (Wildman–Crippen LogP) is 2.06. The molecule has 0 radical (unpaired) electrons. The molecule has 4 aliphatic rings. The minimum atomic E-state index is -0.492. The summed E-state index contributed by atoms with van der Waals surface area (Å²) < 4.78 is 5.22. The van der Waals surface area contributed by atoms with Crippen molar-refractivity contribution >= 4 is 22.8 Å². The van der Waals surface area contributed by atoms with E-state index in [1.54, 1.807) is 26.6 Å². The Morgan fingerprint density at radius 1 is 1.26 bits per heavy atom. The number of H-pyrrole nitrogens is 1. The third-order valence-corrected chi connectivity index (χ3v) is 7.26. The summed E-state index contributed by atoms with van der Waals surface area (Å²) in [6.45, 7) is 0. The zero-order valence-corrected chi connectivity index (χ0v) is 17.5. The van der Waals surface area contributed by atoms with Crippen molar-refractivity contribution < 1.29 is 14.4 Å². The Labute approximate surface area is 178 Å². The number of hydrogen-bond acceptors (Lipinski definition) is 8. The summed E-state index contributed by atoms with van der Waals surface area (Å²) in [6.07, 6.45) is 8.21. The van der Waals surface area contributed by atoms with Crippen LogP contribution in [-0.4, -0.2) is 66.7 Å². The van der Waals surface area contributed by atoms with Gasteiger partial charge in [-0.05, 0) is 49.9 Å². The van der Waals surface area contributed by atoms with Gasteiger partial charge in [0.15, 0.2) is 5.65 Å². The first-order valence-corrected chi connectivity index (χ1v) is 10.8. The van der Waals surface area contributed by atoms with Crippen LogP contribution in [0.15, 0.2) is 17.0 Å². The number of aromatic nitrogens is 5. The van der Waals surface area contributed by atoms with E-state index < -0.39 is 5.60 Å². The molecule has 4 aliphatic carbocycles. The number of carbonyl (C=O) groups is 1. The first-order valence-electron chi connectivity index (χ1n) is 10.8. The number of imidazole rings is 1. The molecule has 3 N–H and O–H groups in total. The summed E-state index contributed by atoms with van der Waals surface area (Å²) in [5, 5.41) is 18.7. The Morgan fingerprint density at radius 3 is 2.74 bits per heavy atom. The van der Waals surface area contributed by atoms with Crippen LogP contribution in [0.5, 0.6) is 0 Å². The molecule has 5 atom stereocenters. The molecule has 4 fully saturated rings. The van der Waals surface area contributed by atoms with Gasteiger partial charge in [-0.1, -0.05) is 5.16 Å². The zero-order valence-electron chi connectivity index (χ0n) is 17.5. The third-order valence-electron chi connectivity index (χ3n) is 7.26. The fourth-order valence-electron chi connectivity index (χ4n) is 6.21. The van der Waals surface area contributed by atoms with E-state index in [-0.39, 0.29) is 17.8 Å². The van der Waals surface area contributed by atoms with E-state index in [4.69, 9.17) is 4.52 Å². The summed E-state index contributed by atoms with van der Waals surface area (Å²) in [6, 6.07) is 0.249. The highest BCUT2D eigenvalue weighted by Gasteiger charge is 2.54. The molecule has 0 spiro atoms. The van der Waals surface area contributed by atoms with Crippen LogP contribution in [0.1, 0.15) is 42.8 Å². The largest absolute Gasteiger partial charge is 0.390 e. The Bertz CT molecular complexity index is 1150. The number of aromatic amines is 1. The highest BCUT2D eigenvalue weighted by molar-refractivity contribution is 5.95. The number of nitrogens with one attached hydrogen (secondary N) is 2. The number of carbonyl (C=O) groups excluding carboxylic acids is 1. The maximum absolute atomic E-state index is 12.2. The highest BCUT2D eigenvalue weighted by atomic mass is 16.5. The van der Waals surface area contributed by atoms with E-state index >= 15 is 0 Å². The Hall–Kier alpha value is -3.01. The van der Waals surface area contributed by atoms with E-state index in [0.717, 1.165) is 43.3 Å². The topological polar surface area (TPSA) is 133 Å². The molecule has 10 nitrogen and oxygen atoms in total. The number of fused-ring (bicyclic) bond motifs is 1. The lowest BCUT2D eigenvalue weighted by Gasteiger charge is -2.58. The molecule has 31 heavy (non-hydrogen) atoms. The molecule has 3 unspecified atom stereocenters. The van der Waals surface area contributed by atoms with E-state index in [0.29, 0.717) is 34.8 Å². The predicted molar refractivity (Wildman–Crippen MR) is 111 cm³/mol. The second kappa shape index (κ2) is 6.49. The number of hydrogen-bond donors (Lipinski definition) is 3.